The molecule has 0 saturated carbocycles. The van der Waals surface area contributed by atoms with Crippen molar-refractivity contribution in [2.24, 2.45) is 5.10 Å². The van der Waals surface area contributed by atoms with E-state index in [9.17, 15) is 4.79 Å². The molecule has 0 heterocycles. The molecular weight excluding hydrogens is 432 g/mol. The summed E-state index contributed by atoms with van der Waals surface area (Å²) in [6.07, 6.45) is 0. The number of halogens is 1. The molecule has 0 unspecified atom stereocenters. The smallest absolute Gasteiger partial charge is 0.267 e. The molecule has 0 fully saturated rings. The number of benzene rings is 3. The molecule has 0 aromatic heterocycles. The zero-order valence-electron chi connectivity index (χ0n) is 15.6. The van der Waals surface area contributed by atoms with Crippen molar-refractivity contribution >= 4 is 39.3 Å². The van der Waals surface area contributed by atoms with Gasteiger partial charge in [-0.2, -0.15) is 16.9 Å². The van der Waals surface area contributed by atoms with Gasteiger partial charge in [-0.05, 0) is 47.9 Å². The third-order valence-corrected chi connectivity index (χ3v) is 5.79. The molecular formula is C23H21BrN2OS. The first-order valence-corrected chi connectivity index (χ1v) is 10.9. The number of nitrogens with one attached hydrogen (secondary N) is 1. The number of hydrogen-bond donors (Lipinski definition) is 1. The molecule has 3 aromatic rings. The molecule has 1 N–H and O–H groups in total. The van der Waals surface area contributed by atoms with Crippen molar-refractivity contribution < 1.29 is 4.79 Å². The Bertz CT molecular complexity index is 939. The van der Waals surface area contributed by atoms with E-state index < -0.39 is 0 Å². The summed E-state index contributed by atoms with van der Waals surface area (Å²) in [5, 5.41) is 4.20. The van der Waals surface area contributed by atoms with Gasteiger partial charge in [0.25, 0.3) is 5.91 Å². The molecule has 142 valence electrons. The summed E-state index contributed by atoms with van der Waals surface area (Å²) in [5.41, 5.74) is 7.48. The van der Waals surface area contributed by atoms with Crippen LogP contribution in [0.3, 0.4) is 0 Å². The van der Waals surface area contributed by atoms with Gasteiger partial charge in [-0.1, -0.05) is 70.5 Å². The molecule has 0 radical (unpaired) electrons. The lowest BCUT2D eigenvalue weighted by Crippen LogP contribution is -2.19. The molecule has 1 amide bonds. The topological polar surface area (TPSA) is 41.5 Å². The van der Waals surface area contributed by atoms with Crippen LogP contribution in [0.1, 0.15) is 34.0 Å². The summed E-state index contributed by atoms with van der Waals surface area (Å²) in [7, 11) is 0. The second-order valence-corrected chi connectivity index (χ2v) is 8.22. The maximum absolute atomic E-state index is 12.3. The molecule has 3 nitrogen and oxygen atoms in total. The average molecular weight is 453 g/mol. The van der Waals surface area contributed by atoms with E-state index in [-0.39, 0.29) is 5.91 Å². The van der Waals surface area contributed by atoms with E-state index in [1.54, 1.807) is 0 Å². The molecule has 0 atom stereocenters. The standard InChI is InChI=1S/C23H21BrN2OS/c1-17(20-11-13-22(24)14-12-20)25-26-23(27)21-9-7-19(8-10-21)16-28-15-18-5-3-2-4-6-18/h2-14H,15-16H2,1H3,(H,26,27)/b25-17-. The highest BCUT2D eigenvalue weighted by Crippen LogP contribution is 2.18. The van der Waals surface area contributed by atoms with Gasteiger partial charge >= 0.3 is 0 Å². The van der Waals surface area contributed by atoms with E-state index >= 15 is 0 Å². The van der Waals surface area contributed by atoms with Crippen molar-refractivity contribution in [2.75, 3.05) is 0 Å². The minimum absolute atomic E-state index is 0.208. The van der Waals surface area contributed by atoms with Crippen LogP contribution in [0.25, 0.3) is 0 Å². The predicted molar refractivity (Wildman–Crippen MR) is 122 cm³/mol. The number of amides is 1. The van der Waals surface area contributed by atoms with Crippen LogP contribution in [0.5, 0.6) is 0 Å². The number of rotatable bonds is 7. The van der Waals surface area contributed by atoms with Crippen LogP contribution in [-0.4, -0.2) is 11.6 Å². The van der Waals surface area contributed by atoms with Crippen LogP contribution in [-0.2, 0) is 11.5 Å². The Balaban J connectivity index is 1.51. The van der Waals surface area contributed by atoms with E-state index in [1.807, 2.05) is 73.3 Å². The third-order valence-electron chi connectivity index (χ3n) is 4.18. The highest BCUT2D eigenvalue weighted by molar-refractivity contribution is 9.10. The number of carbonyl (C=O) groups is 1. The minimum atomic E-state index is -0.208. The van der Waals surface area contributed by atoms with E-state index in [4.69, 9.17) is 0 Å². The van der Waals surface area contributed by atoms with Crippen molar-refractivity contribution in [1.82, 2.24) is 5.43 Å². The molecule has 0 aliphatic rings. The van der Waals surface area contributed by atoms with Gasteiger partial charge in [0.2, 0.25) is 0 Å². The minimum Gasteiger partial charge on any atom is -0.267 e. The molecule has 3 rings (SSSR count). The Morgan fingerprint density at radius 3 is 2.07 bits per heavy atom. The second kappa shape index (κ2) is 10.2. The van der Waals surface area contributed by atoms with Crippen molar-refractivity contribution in [2.45, 2.75) is 18.4 Å². The summed E-state index contributed by atoms with van der Waals surface area (Å²) in [6.45, 7) is 1.87. The second-order valence-electron chi connectivity index (χ2n) is 6.32. The molecule has 0 aliphatic heterocycles. The molecule has 3 aromatic carbocycles. The summed E-state index contributed by atoms with van der Waals surface area (Å²) < 4.78 is 1.01. The summed E-state index contributed by atoms with van der Waals surface area (Å²) >= 11 is 5.27. The van der Waals surface area contributed by atoms with Gasteiger partial charge in [0.1, 0.15) is 0 Å². The lowest BCUT2D eigenvalue weighted by Gasteiger charge is -2.05. The first-order valence-electron chi connectivity index (χ1n) is 8.93. The highest BCUT2D eigenvalue weighted by atomic mass is 79.9. The van der Waals surface area contributed by atoms with Gasteiger partial charge in [-0.3, -0.25) is 4.79 Å². The fourth-order valence-corrected chi connectivity index (χ4v) is 3.79. The monoisotopic (exact) mass is 452 g/mol. The zero-order valence-corrected chi connectivity index (χ0v) is 18.0. The first kappa shape index (κ1) is 20.4. The van der Waals surface area contributed by atoms with Crippen LogP contribution < -0.4 is 5.43 Å². The Morgan fingerprint density at radius 1 is 0.857 bits per heavy atom. The van der Waals surface area contributed by atoms with E-state index in [1.165, 1.54) is 11.1 Å². The maximum Gasteiger partial charge on any atom is 0.271 e. The van der Waals surface area contributed by atoms with Gasteiger partial charge in [0, 0.05) is 21.5 Å². The predicted octanol–water partition coefficient (Wildman–Crippen LogP) is 6.04. The average Bonchev–Trinajstić information content (AvgIpc) is 2.73. The Hall–Kier alpha value is -2.37. The van der Waals surface area contributed by atoms with Gasteiger partial charge in [0.15, 0.2) is 0 Å². The van der Waals surface area contributed by atoms with Crippen molar-refractivity contribution in [3.8, 4) is 0 Å². The molecule has 28 heavy (non-hydrogen) atoms. The van der Waals surface area contributed by atoms with Crippen LogP contribution in [0.15, 0.2) is 88.4 Å². The van der Waals surface area contributed by atoms with Crippen LogP contribution >= 0.6 is 27.7 Å². The van der Waals surface area contributed by atoms with Gasteiger partial charge < -0.3 is 0 Å². The van der Waals surface area contributed by atoms with E-state index in [0.29, 0.717) is 5.56 Å². The normalized spacial score (nSPS) is 11.3. The van der Waals surface area contributed by atoms with Crippen LogP contribution in [0.2, 0.25) is 0 Å². The van der Waals surface area contributed by atoms with Gasteiger partial charge in [-0.25, -0.2) is 5.43 Å². The van der Waals surface area contributed by atoms with E-state index in [0.717, 1.165) is 27.3 Å². The van der Waals surface area contributed by atoms with E-state index in [2.05, 4.69) is 50.7 Å². The SMILES string of the molecule is C/C(=N/NC(=O)c1ccc(CSCc2ccccc2)cc1)c1ccc(Br)cc1. The maximum atomic E-state index is 12.3. The number of nitrogens with zero attached hydrogens (tertiary/aromatic N) is 1. The molecule has 0 saturated heterocycles. The summed E-state index contributed by atoms with van der Waals surface area (Å²) in [4.78, 5) is 12.3. The number of carbonyl (C=O) groups excluding carboxylic acids is 1. The third kappa shape index (κ3) is 6.08. The first-order chi connectivity index (χ1) is 13.6. The zero-order chi connectivity index (χ0) is 19.8. The number of hydrogen-bond acceptors (Lipinski definition) is 3. The Labute approximate surface area is 178 Å². The summed E-state index contributed by atoms with van der Waals surface area (Å²) in [6, 6.07) is 25.9. The quantitative estimate of drug-likeness (QED) is 0.350. The van der Waals surface area contributed by atoms with Crippen molar-refractivity contribution in [3.63, 3.8) is 0 Å². The van der Waals surface area contributed by atoms with Crippen LogP contribution in [0.4, 0.5) is 0 Å². The Morgan fingerprint density at radius 2 is 1.43 bits per heavy atom. The lowest BCUT2D eigenvalue weighted by molar-refractivity contribution is 0.0955. The van der Waals surface area contributed by atoms with Crippen LogP contribution in [0, 0.1) is 0 Å². The molecule has 0 bridgehead atoms. The molecule has 0 aliphatic carbocycles. The Kier molecular flexibility index (Phi) is 7.46. The lowest BCUT2D eigenvalue weighted by atomic mass is 10.1. The summed E-state index contributed by atoms with van der Waals surface area (Å²) in [5.74, 6) is 1.69. The van der Waals surface area contributed by atoms with Crippen molar-refractivity contribution in [3.05, 3.63) is 106 Å². The largest absolute Gasteiger partial charge is 0.271 e. The molecule has 5 heteroatoms. The highest BCUT2D eigenvalue weighted by Gasteiger charge is 2.05. The molecule has 0 spiro atoms. The van der Waals surface area contributed by atoms with Gasteiger partial charge in [-0.15, -0.1) is 0 Å². The fraction of sp³-hybridized carbons (Fsp3) is 0.130. The number of thioether (sulfide) groups is 1. The fourth-order valence-electron chi connectivity index (χ4n) is 2.57. The van der Waals surface area contributed by atoms with Crippen molar-refractivity contribution in [1.29, 1.82) is 0 Å². The number of hydrazone groups is 1. The van der Waals surface area contributed by atoms with Gasteiger partial charge in [0.05, 0.1) is 5.71 Å².